The summed E-state index contributed by atoms with van der Waals surface area (Å²) in [4.78, 5) is 23.4. The van der Waals surface area contributed by atoms with Gasteiger partial charge < -0.3 is 14.8 Å². The number of benzene rings is 2. The molecule has 0 aliphatic rings. The van der Waals surface area contributed by atoms with Gasteiger partial charge in [0.25, 0.3) is 0 Å². The minimum atomic E-state index is -1.04. The van der Waals surface area contributed by atoms with Gasteiger partial charge in [-0.3, -0.25) is 9.59 Å². The van der Waals surface area contributed by atoms with Crippen LogP contribution in [0.3, 0.4) is 0 Å². The number of ether oxygens (including phenoxy) is 2. The lowest BCUT2D eigenvalue weighted by atomic mass is 10.2. The normalized spacial score (nSPS) is 10.4. The number of nitrogens with one attached hydrogen (secondary N) is 2. The Kier molecular flexibility index (Phi) is 6.05. The number of methoxy groups -OCH3 is 2. The number of carbonyl (C=O) groups is 2. The topological polar surface area (TPSA) is 89.0 Å². The number of para-hydroxylation sites is 2. The highest BCUT2D eigenvalue weighted by atomic mass is 19.1. The highest BCUT2D eigenvalue weighted by molar-refractivity contribution is 6.39. The van der Waals surface area contributed by atoms with E-state index in [9.17, 15) is 14.0 Å². The Balaban J connectivity index is 2.01. The van der Waals surface area contributed by atoms with E-state index in [1.165, 1.54) is 44.7 Å². The minimum Gasteiger partial charge on any atom is -0.493 e. The molecule has 0 saturated heterocycles. The fraction of sp³-hybridized carbons (Fsp3) is 0.118. The molecule has 2 rings (SSSR count). The molecule has 2 N–H and O–H groups in total. The zero-order chi connectivity index (χ0) is 18.2. The number of amides is 2. The molecule has 2 aromatic rings. The van der Waals surface area contributed by atoms with Crippen molar-refractivity contribution in [2.24, 2.45) is 5.10 Å². The second kappa shape index (κ2) is 8.44. The molecular formula is C17H16FN3O4. The molecular weight excluding hydrogens is 329 g/mol. The molecule has 0 fully saturated rings. The average molecular weight is 345 g/mol. The standard InChI is InChI=1S/C17H16FN3O4/c1-24-14-9-5-6-11(15(14)25-2)10-19-21-17(23)16(22)20-13-8-4-3-7-12(13)18/h3-10H,1-2H3,(H,20,22)(H,21,23)/b19-10-. The van der Waals surface area contributed by atoms with E-state index in [4.69, 9.17) is 9.47 Å². The van der Waals surface area contributed by atoms with E-state index in [1.54, 1.807) is 18.2 Å². The highest BCUT2D eigenvalue weighted by Gasteiger charge is 2.15. The fourth-order valence-electron chi connectivity index (χ4n) is 1.97. The van der Waals surface area contributed by atoms with E-state index in [1.807, 2.05) is 0 Å². The molecule has 0 aromatic heterocycles. The van der Waals surface area contributed by atoms with E-state index < -0.39 is 17.6 Å². The Labute approximate surface area is 143 Å². The molecule has 0 unspecified atom stereocenters. The highest BCUT2D eigenvalue weighted by Crippen LogP contribution is 2.29. The second-order valence-corrected chi connectivity index (χ2v) is 4.72. The smallest absolute Gasteiger partial charge is 0.329 e. The molecule has 0 spiro atoms. The number of halogens is 1. The van der Waals surface area contributed by atoms with Gasteiger partial charge in [0.2, 0.25) is 0 Å². The van der Waals surface area contributed by atoms with Crippen LogP contribution in [0.5, 0.6) is 11.5 Å². The van der Waals surface area contributed by atoms with Crippen molar-refractivity contribution in [1.29, 1.82) is 0 Å². The number of hydrogen-bond donors (Lipinski definition) is 2. The van der Waals surface area contributed by atoms with Crippen molar-refractivity contribution in [3.05, 3.63) is 53.8 Å². The first-order valence-electron chi connectivity index (χ1n) is 7.16. The largest absolute Gasteiger partial charge is 0.493 e. The minimum absolute atomic E-state index is 0.0962. The number of hydrogen-bond acceptors (Lipinski definition) is 5. The molecule has 2 amide bonds. The van der Waals surface area contributed by atoms with Crippen LogP contribution >= 0.6 is 0 Å². The number of hydrazone groups is 1. The van der Waals surface area contributed by atoms with Gasteiger partial charge in [0.15, 0.2) is 11.5 Å². The summed E-state index contributed by atoms with van der Waals surface area (Å²) >= 11 is 0. The van der Waals surface area contributed by atoms with Crippen LogP contribution in [0.1, 0.15) is 5.56 Å². The van der Waals surface area contributed by atoms with Crippen molar-refractivity contribution in [3.8, 4) is 11.5 Å². The lowest BCUT2D eigenvalue weighted by Crippen LogP contribution is -2.32. The second-order valence-electron chi connectivity index (χ2n) is 4.72. The number of rotatable bonds is 5. The third-order valence-electron chi connectivity index (χ3n) is 3.13. The molecule has 8 heteroatoms. The van der Waals surface area contributed by atoms with Gasteiger partial charge in [0.05, 0.1) is 26.1 Å². The van der Waals surface area contributed by atoms with E-state index in [-0.39, 0.29) is 5.69 Å². The van der Waals surface area contributed by atoms with E-state index in [2.05, 4.69) is 15.8 Å². The van der Waals surface area contributed by atoms with Gasteiger partial charge in [0.1, 0.15) is 5.82 Å². The van der Waals surface area contributed by atoms with Gasteiger partial charge in [-0.15, -0.1) is 0 Å². The van der Waals surface area contributed by atoms with Crippen LogP contribution in [-0.2, 0) is 9.59 Å². The van der Waals surface area contributed by atoms with Crippen LogP contribution < -0.4 is 20.2 Å². The maximum atomic E-state index is 13.4. The fourth-order valence-corrected chi connectivity index (χ4v) is 1.97. The van der Waals surface area contributed by atoms with Crippen molar-refractivity contribution >= 4 is 23.7 Å². The summed E-state index contributed by atoms with van der Waals surface area (Å²) in [6.07, 6.45) is 1.30. The lowest BCUT2D eigenvalue weighted by molar-refractivity contribution is -0.136. The number of carbonyl (C=O) groups excluding carboxylic acids is 2. The van der Waals surface area contributed by atoms with Gasteiger partial charge in [0, 0.05) is 5.56 Å². The monoisotopic (exact) mass is 345 g/mol. The van der Waals surface area contributed by atoms with Crippen LogP contribution in [0.25, 0.3) is 0 Å². The maximum Gasteiger partial charge on any atom is 0.329 e. The van der Waals surface area contributed by atoms with Crippen molar-refractivity contribution in [3.63, 3.8) is 0 Å². The SMILES string of the molecule is COc1cccc(/C=N\NC(=O)C(=O)Nc2ccccc2F)c1OC. The Bertz CT molecular complexity index is 808. The van der Waals surface area contributed by atoms with Crippen LogP contribution in [0.2, 0.25) is 0 Å². The third-order valence-corrected chi connectivity index (χ3v) is 3.13. The third kappa shape index (κ3) is 4.54. The van der Waals surface area contributed by atoms with Crippen molar-refractivity contribution < 1.29 is 23.5 Å². The molecule has 7 nitrogen and oxygen atoms in total. The zero-order valence-corrected chi connectivity index (χ0v) is 13.6. The van der Waals surface area contributed by atoms with Crippen LogP contribution in [0.4, 0.5) is 10.1 Å². The molecule has 0 bridgehead atoms. The summed E-state index contributed by atoms with van der Waals surface area (Å²) in [6.45, 7) is 0. The summed E-state index contributed by atoms with van der Waals surface area (Å²) in [6, 6.07) is 10.6. The molecule has 0 aliphatic heterocycles. The van der Waals surface area contributed by atoms with Gasteiger partial charge in [-0.2, -0.15) is 5.10 Å². The predicted octanol–water partition coefficient (Wildman–Crippen LogP) is 1.93. The number of anilines is 1. The summed E-state index contributed by atoms with van der Waals surface area (Å²) < 4.78 is 23.8. The summed E-state index contributed by atoms with van der Waals surface area (Å²) in [7, 11) is 2.96. The van der Waals surface area contributed by atoms with Gasteiger partial charge in [-0.05, 0) is 24.3 Å². The molecule has 2 aromatic carbocycles. The molecule has 130 valence electrons. The van der Waals surface area contributed by atoms with Crippen LogP contribution in [-0.4, -0.2) is 32.2 Å². The Morgan fingerprint density at radius 3 is 2.48 bits per heavy atom. The Morgan fingerprint density at radius 2 is 1.80 bits per heavy atom. The Hall–Kier alpha value is -3.42. The molecule has 0 atom stereocenters. The van der Waals surface area contributed by atoms with E-state index in [0.717, 1.165) is 0 Å². The first kappa shape index (κ1) is 17.9. The first-order valence-corrected chi connectivity index (χ1v) is 7.16. The van der Waals surface area contributed by atoms with Crippen molar-refractivity contribution in [2.75, 3.05) is 19.5 Å². The summed E-state index contributed by atoms with van der Waals surface area (Å²) in [5.41, 5.74) is 2.50. The Morgan fingerprint density at radius 1 is 1.04 bits per heavy atom. The van der Waals surface area contributed by atoms with Crippen LogP contribution in [0.15, 0.2) is 47.6 Å². The molecule has 0 aliphatic carbocycles. The zero-order valence-electron chi connectivity index (χ0n) is 13.6. The molecule has 25 heavy (non-hydrogen) atoms. The van der Waals surface area contributed by atoms with Crippen molar-refractivity contribution in [2.45, 2.75) is 0 Å². The summed E-state index contributed by atoms with van der Waals surface area (Å²) in [5.74, 6) is -1.80. The van der Waals surface area contributed by atoms with E-state index >= 15 is 0 Å². The molecule has 0 radical (unpaired) electrons. The van der Waals surface area contributed by atoms with Gasteiger partial charge in [-0.25, -0.2) is 9.82 Å². The van der Waals surface area contributed by atoms with Crippen molar-refractivity contribution in [1.82, 2.24) is 5.43 Å². The summed E-state index contributed by atoms with van der Waals surface area (Å²) in [5, 5.41) is 5.85. The molecule has 0 heterocycles. The maximum absolute atomic E-state index is 13.4. The lowest BCUT2D eigenvalue weighted by Gasteiger charge is -2.09. The van der Waals surface area contributed by atoms with Gasteiger partial charge >= 0.3 is 11.8 Å². The first-order chi connectivity index (χ1) is 12.1. The predicted molar refractivity (Wildman–Crippen MR) is 90.3 cm³/mol. The molecule has 0 saturated carbocycles. The van der Waals surface area contributed by atoms with Gasteiger partial charge in [-0.1, -0.05) is 18.2 Å². The number of nitrogens with zero attached hydrogens (tertiary/aromatic N) is 1. The van der Waals surface area contributed by atoms with E-state index in [0.29, 0.717) is 17.1 Å². The quantitative estimate of drug-likeness (QED) is 0.492. The average Bonchev–Trinajstić information content (AvgIpc) is 2.63. The van der Waals surface area contributed by atoms with Crippen LogP contribution in [0, 0.1) is 5.82 Å².